The molecule has 0 spiro atoms. The van der Waals surface area contributed by atoms with Gasteiger partial charge in [-0.05, 0) is 73.8 Å². The van der Waals surface area contributed by atoms with Crippen LogP contribution in [0.4, 0.5) is 0 Å². The Balaban J connectivity index is 0.00000100. The Labute approximate surface area is 209 Å². The predicted octanol–water partition coefficient (Wildman–Crippen LogP) is 6.53. The molecule has 0 saturated heterocycles. The first-order valence-electron chi connectivity index (χ1n) is 11.3. The van der Waals surface area contributed by atoms with Crippen LogP contribution in [0.3, 0.4) is 0 Å². The van der Waals surface area contributed by atoms with Crippen molar-refractivity contribution in [3.63, 3.8) is 0 Å². The molecule has 0 aromatic heterocycles. The predicted molar refractivity (Wildman–Crippen MR) is 145 cm³/mol. The monoisotopic (exact) mass is 488 g/mol. The molecule has 0 N–H and O–H groups in total. The molecule has 0 heterocycles. The normalized spacial score (nSPS) is 11.1. The highest BCUT2D eigenvalue weighted by molar-refractivity contribution is 7.96. The van der Waals surface area contributed by atoms with Gasteiger partial charge in [0.25, 0.3) is 0 Å². The van der Waals surface area contributed by atoms with E-state index in [1.54, 1.807) is 7.11 Å². The number of methoxy groups -OCH3 is 1. The third kappa shape index (κ3) is 6.91. The molecule has 3 rings (SSSR count). The fourth-order valence-electron chi connectivity index (χ4n) is 4.29. The summed E-state index contributed by atoms with van der Waals surface area (Å²) in [6.07, 6.45) is 1.83. The molecule has 0 aliphatic heterocycles. The molecule has 1 unspecified atom stereocenters. The summed E-state index contributed by atoms with van der Waals surface area (Å²) in [5.74, 6) is 0. The summed E-state index contributed by atoms with van der Waals surface area (Å²) in [5, 5.41) is 0.784. The average molecular weight is 489 g/mol. The number of rotatable bonds is 8. The quantitative estimate of drug-likeness (QED) is 0.205. The molecule has 0 amide bonds. The fraction of sp³-hybridized carbons (Fsp3) is 0.233. The van der Waals surface area contributed by atoms with Crippen molar-refractivity contribution in [3.8, 4) is 0 Å². The summed E-state index contributed by atoms with van der Waals surface area (Å²) in [7, 11) is -0.0757. The smallest absolute Gasteiger partial charge is 0.197 e. The zero-order valence-corrected chi connectivity index (χ0v) is 22.2. The Bertz CT molecular complexity index is 1180. The zero-order chi connectivity index (χ0) is 26.1. The van der Waals surface area contributed by atoms with Crippen molar-refractivity contribution < 1.29 is 19.1 Å². The first kappa shape index (κ1) is 28.0. The molecule has 35 heavy (non-hydrogen) atoms. The van der Waals surface area contributed by atoms with Crippen LogP contribution in [-0.4, -0.2) is 24.4 Å². The third-order valence-electron chi connectivity index (χ3n) is 5.53. The van der Waals surface area contributed by atoms with Crippen molar-refractivity contribution in [2.75, 3.05) is 7.11 Å². The SMILES string of the molecule is C=CC=O.COCc1cc(C)c(C(=O)P(C(=O)c2c(C)cc(C)cc2C)c2ccccc2)c(C)c1. The zero-order valence-electron chi connectivity index (χ0n) is 21.3. The molecule has 0 fully saturated rings. The van der Waals surface area contributed by atoms with Crippen molar-refractivity contribution in [1.82, 2.24) is 0 Å². The van der Waals surface area contributed by atoms with Crippen LogP contribution in [0.2, 0.25) is 0 Å². The van der Waals surface area contributed by atoms with Gasteiger partial charge in [0, 0.05) is 18.2 Å². The largest absolute Gasteiger partial charge is 0.380 e. The van der Waals surface area contributed by atoms with E-state index in [0.29, 0.717) is 24.0 Å². The number of ether oxygens (including phenoxy) is 1. The van der Waals surface area contributed by atoms with E-state index in [4.69, 9.17) is 9.53 Å². The summed E-state index contributed by atoms with van der Waals surface area (Å²) < 4.78 is 5.25. The van der Waals surface area contributed by atoms with Crippen LogP contribution in [0.5, 0.6) is 0 Å². The minimum absolute atomic E-state index is 0.0824. The fourth-order valence-corrected chi connectivity index (χ4v) is 6.56. The van der Waals surface area contributed by atoms with E-state index in [1.807, 2.05) is 89.2 Å². The minimum atomic E-state index is -1.73. The van der Waals surface area contributed by atoms with Gasteiger partial charge in [0.15, 0.2) is 11.0 Å². The molecule has 1 atom stereocenters. The van der Waals surface area contributed by atoms with E-state index in [-0.39, 0.29) is 11.0 Å². The number of carbonyl (C=O) groups is 3. The van der Waals surface area contributed by atoms with E-state index >= 15 is 0 Å². The molecule has 3 aromatic rings. The lowest BCUT2D eigenvalue weighted by molar-refractivity contribution is -0.104. The maximum absolute atomic E-state index is 13.9. The average Bonchev–Trinajstić information content (AvgIpc) is 2.79. The highest BCUT2D eigenvalue weighted by Gasteiger charge is 2.33. The van der Waals surface area contributed by atoms with Crippen molar-refractivity contribution in [2.24, 2.45) is 0 Å². The maximum atomic E-state index is 13.9. The summed E-state index contributed by atoms with van der Waals surface area (Å²) in [5.41, 5.74) is 6.87. The molecule has 0 aliphatic rings. The van der Waals surface area contributed by atoms with Gasteiger partial charge >= 0.3 is 0 Å². The van der Waals surface area contributed by atoms with Gasteiger partial charge in [-0.2, -0.15) is 0 Å². The number of aryl methyl sites for hydroxylation is 5. The molecule has 0 bridgehead atoms. The van der Waals surface area contributed by atoms with E-state index in [1.165, 1.54) is 6.08 Å². The highest BCUT2D eigenvalue weighted by Crippen LogP contribution is 2.45. The first-order valence-corrected chi connectivity index (χ1v) is 12.7. The molecule has 3 aromatic carbocycles. The van der Waals surface area contributed by atoms with Crippen molar-refractivity contribution in [2.45, 2.75) is 41.2 Å². The van der Waals surface area contributed by atoms with Gasteiger partial charge in [-0.25, -0.2) is 0 Å². The van der Waals surface area contributed by atoms with Gasteiger partial charge < -0.3 is 4.74 Å². The van der Waals surface area contributed by atoms with E-state index < -0.39 is 7.92 Å². The molecule has 0 aliphatic carbocycles. The Morgan fingerprint density at radius 1 is 0.829 bits per heavy atom. The standard InChI is InChI=1S/C27H29O3P.C3H4O/c1-17-12-18(2)24(19(3)13-17)26(28)31(23-10-8-7-9-11-23)27(29)25-20(4)14-22(16-30-6)15-21(25)5;1-2-3-4/h7-15H,16H2,1-6H3;2-3H,1H2. The number of hydrogen-bond acceptors (Lipinski definition) is 4. The van der Waals surface area contributed by atoms with Crippen molar-refractivity contribution in [1.29, 1.82) is 0 Å². The number of hydrogen-bond donors (Lipinski definition) is 0. The molecular formula is C30H33O4P. The summed E-state index contributed by atoms with van der Waals surface area (Å²) in [6.45, 7) is 13.4. The van der Waals surface area contributed by atoms with Gasteiger partial charge in [-0.3, -0.25) is 14.4 Å². The lowest BCUT2D eigenvalue weighted by Crippen LogP contribution is -2.19. The summed E-state index contributed by atoms with van der Waals surface area (Å²) >= 11 is 0. The molecule has 0 radical (unpaired) electrons. The Hall–Kier alpha value is -3.20. The number of allylic oxidation sites excluding steroid dienone is 1. The first-order chi connectivity index (χ1) is 16.7. The second-order valence-electron chi connectivity index (χ2n) is 8.46. The van der Waals surface area contributed by atoms with Crippen molar-refractivity contribution in [3.05, 3.63) is 112 Å². The van der Waals surface area contributed by atoms with Crippen LogP contribution in [0, 0.1) is 34.6 Å². The van der Waals surface area contributed by atoms with Crippen molar-refractivity contribution >= 4 is 30.6 Å². The number of aldehydes is 1. The molecule has 182 valence electrons. The Kier molecular flexibility index (Phi) is 10.4. The third-order valence-corrected chi connectivity index (χ3v) is 7.60. The maximum Gasteiger partial charge on any atom is 0.197 e. The van der Waals surface area contributed by atoms with Crippen LogP contribution in [0.25, 0.3) is 0 Å². The van der Waals surface area contributed by atoms with Crippen LogP contribution >= 0.6 is 7.92 Å². The van der Waals surface area contributed by atoms with Crippen LogP contribution < -0.4 is 5.30 Å². The van der Waals surface area contributed by atoms with Crippen LogP contribution in [0.15, 0.2) is 67.3 Å². The van der Waals surface area contributed by atoms with E-state index in [0.717, 1.165) is 38.7 Å². The Morgan fingerprint density at radius 3 is 1.66 bits per heavy atom. The van der Waals surface area contributed by atoms with Gasteiger partial charge in [0.2, 0.25) is 0 Å². The van der Waals surface area contributed by atoms with Crippen LogP contribution in [-0.2, 0) is 16.1 Å². The van der Waals surface area contributed by atoms with Gasteiger partial charge in [0.05, 0.1) is 14.5 Å². The Morgan fingerprint density at radius 2 is 1.26 bits per heavy atom. The molecular weight excluding hydrogens is 455 g/mol. The van der Waals surface area contributed by atoms with Crippen LogP contribution in [0.1, 0.15) is 54.1 Å². The van der Waals surface area contributed by atoms with E-state index in [9.17, 15) is 9.59 Å². The van der Waals surface area contributed by atoms with Gasteiger partial charge in [0.1, 0.15) is 6.29 Å². The topological polar surface area (TPSA) is 60.4 Å². The summed E-state index contributed by atoms with van der Waals surface area (Å²) in [6, 6.07) is 17.5. The van der Waals surface area contributed by atoms with E-state index in [2.05, 4.69) is 6.58 Å². The van der Waals surface area contributed by atoms with Gasteiger partial charge in [-0.15, -0.1) is 0 Å². The number of carbonyl (C=O) groups excluding carboxylic acids is 3. The highest BCUT2D eigenvalue weighted by atomic mass is 31.1. The van der Waals surface area contributed by atoms with Gasteiger partial charge in [-0.1, -0.05) is 66.7 Å². The molecule has 0 saturated carbocycles. The lowest BCUT2D eigenvalue weighted by atomic mass is 10.0. The second kappa shape index (κ2) is 13.0. The lowest BCUT2D eigenvalue weighted by Gasteiger charge is -2.21. The summed E-state index contributed by atoms with van der Waals surface area (Å²) in [4.78, 5) is 36.9. The molecule has 4 nitrogen and oxygen atoms in total. The second-order valence-corrected chi connectivity index (χ2v) is 10.5. The molecule has 5 heteroatoms. The minimum Gasteiger partial charge on any atom is -0.380 e. The number of benzene rings is 3.